The van der Waals surface area contributed by atoms with Crippen molar-refractivity contribution in [2.75, 3.05) is 0 Å². The second-order valence-electron chi connectivity index (χ2n) is 5.58. The van der Waals surface area contributed by atoms with Gasteiger partial charge in [0.25, 0.3) is 5.69 Å². The average Bonchev–Trinajstić information content (AvgIpc) is 2.46. The van der Waals surface area contributed by atoms with E-state index in [4.69, 9.17) is 5.11 Å². The van der Waals surface area contributed by atoms with Gasteiger partial charge in [0.05, 0.1) is 10.3 Å². The molecule has 1 amide bonds. The summed E-state index contributed by atoms with van der Waals surface area (Å²) in [6, 6.07) is 4.73. The van der Waals surface area contributed by atoms with Crippen LogP contribution >= 0.6 is 0 Å². The number of nitro benzene ring substituents is 1. The summed E-state index contributed by atoms with van der Waals surface area (Å²) in [7, 11) is 0. The molecule has 22 heavy (non-hydrogen) atoms. The van der Waals surface area contributed by atoms with Crippen molar-refractivity contribution in [3.8, 4) is 0 Å². The normalized spacial score (nSPS) is 12.5. The fourth-order valence-electron chi connectivity index (χ4n) is 2.02. The number of nitrogens with zero attached hydrogens (tertiary/aromatic N) is 1. The summed E-state index contributed by atoms with van der Waals surface area (Å²) in [5.74, 6) is -1.50. The minimum absolute atomic E-state index is 0.0608. The number of nitro groups is 1. The molecule has 0 aliphatic heterocycles. The Labute approximate surface area is 128 Å². The molecule has 7 heteroatoms. The van der Waals surface area contributed by atoms with Crippen LogP contribution in [0.4, 0.5) is 5.69 Å². The van der Waals surface area contributed by atoms with Gasteiger partial charge in [0, 0.05) is 12.1 Å². The highest BCUT2D eigenvalue weighted by atomic mass is 16.6. The third kappa shape index (κ3) is 4.03. The summed E-state index contributed by atoms with van der Waals surface area (Å²) in [5.41, 5.74) is -0.470. The van der Waals surface area contributed by atoms with E-state index in [1.807, 2.05) is 6.92 Å². The second kappa shape index (κ2) is 7.02. The molecule has 0 saturated carbocycles. The van der Waals surface area contributed by atoms with Crippen LogP contribution < -0.4 is 5.32 Å². The van der Waals surface area contributed by atoms with Gasteiger partial charge in [-0.1, -0.05) is 25.5 Å². The van der Waals surface area contributed by atoms with Crippen LogP contribution in [-0.2, 0) is 15.0 Å². The fraction of sp³-hybridized carbons (Fsp3) is 0.467. The quantitative estimate of drug-likeness (QED) is 0.593. The standard InChI is InChI=1S/C15H20N2O5/c1-4-5-12(13(18)19)16-14(20)15(2,3)10-6-8-11(9-7-10)17(21)22/h6-9,12H,4-5H2,1-3H3,(H,16,20)(H,18,19). The predicted octanol–water partition coefficient (Wildman–Crippen LogP) is 2.24. The largest absolute Gasteiger partial charge is 0.480 e. The highest BCUT2D eigenvalue weighted by Gasteiger charge is 2.33. The number of carboxylic acid groups (broad SMARTS) is 1. The maximum absolute atomic E-state index is 12.4. The molecule has 1 unspecified atom stereocenters. The number of benzene rings is 1. The van der Waals surface area contributed by atoms with Crippen molar-refractivity contribution in [3.05, 3.63) is 39.9 Å². The molecule has 1 aromatic rings. The topological polar surface area (TPSA) is 110 Å². The zero-order valence-corrected chi connectivity index (χ0v) is 12.8. The van der Waals surface area contributed by atoms with Crippen LogP contribution in [0.5, 0.6) is 0 Å². The molecule has 0 spiro atoms. The first-order chi connectivity index (χ1) is 10.2. The van der Waals surface area contributed by atoms with Crippen molar-refractivity contribution in [1.82, 2.24) is 5.32 Å². The van der Waals surface area contributed by atoms with Crippen molar-refractivity contribution in [3.63, 3.8) is 0 Å². The van der Waals surface area contributed by atoms with Gasteiger partial charge < -0.3 is 10.4 Å². The third-order valence-corrected chi connectivity index (χ3v) is 3.55. The molecule has 0 heterocycles. The lowest BCUT2D eigenvalue weighted by Gasteiger charge is -2.26. The molecule has 0 aromatic heterocycles. The van der Waals surface area contributed by atoms with Gasteiger partial charge in [-0.15, -0.1) is 0 Å². The molecule has 0 fully saturated rings. The Morgan fingerprint density at radius 1 is 1.32 bits per heavy atom. The molecule has 7 nitrogen and oxygen atoms in total. The number of amides is 1. The van der Waals surface area contributed by atoms with Gasteiger partial charge in [-0.3, -0.25) is 14.9 Å². The molecule has 1 aromatic carbocycles. The maximum Gasteiger partial charge on any atom is 0.326 e. The van der Waals surface area contributed by atoms with E-state index < -0.39 is 28.3 Å². The van der Waals surface area contributed by atoms with Crippen LogP contribution in [0.15, 0.2) is 24.3 Å². The average molecular weight is 308 g/mol. The first-order valence-corrected chi connectivity index (χ1v) is 6.98. The highest BCUT2D eigenvalue weighted by Crippen LogP contribution is 2.25. The van der Waals surface area contributed by atoms with Crippen LogP contribution in [0.2, 0.25) is 0 Å². The van der Waals surface area contributed by atoms with Crippen molar-refractivity contribution >= 4 is 17.6 Å². The molecule has 2 N–H and O–H groups in total. The van der Waals surface area contributed by atoms with E-state index in [0.29, 0.717) is 18.4 Å². The number of carbonyl (C=O) groups is 2. The van der Waals surface area contributed by atoms with Crippen LogP contribution in [0.3, 0.4) is 0 Å². The Bertz CT molecular complexity index is 566. The van der Waals surface area contributed by atoms with Gasteiger partial charge >= 0.3 is 5.97 Å². The zero-order chi connectivity index (χ0) is 16.9. The number of carbonyl (C=O) groups excluding carboxylic acids is 1. The van der Waals surface area contributed by atoms with E-state index in [-0.39, 0.29) is 5.69 Å². The summed E-state index contributed by atoms with van der Waals surface area (Å²) in [6.07, 6.45) is 0.979. The van der Waals surface area contributed by atoms with Gasteiger partial charge in [-0.05, 0) is 25.8 Å². The summed E-state index contributed by atoms with van der Waals surface area (Å²) < 4.78 is 0. The lowest BCUT2D eigenvalue weighted by atomic mass is 9.83. The Balaban J connectivity index is 2.94. The van der Waals surface area contributed by atoms with Gasteiger partial charge in [-0.25, -0.2) is 4.79 Å². The van der Waals surface area contributed by atoms with E-state index in [1.54, 1.807) is 13.8 Å². The molecular weight excluding hydrogens is 288 g/mol. The summed E-state index contributed by atoms with van der Waals surface area (Å²) in [4.78, 5) is 33.6. The van der Waals surface area contributed by atoms with Gasteiger partial charge in [0.2, 0.25) is 5.91 Å². The molecule has 1 rings (SSSR count). The number of nitrogens with one attached hydrogen (secondary N) is 1. The maximum atomic E-state index is 12.4. The lowest BCUT2D eigenvalue weighted by Crippen LogP contribution is -2.48. The SMILES string of the molecule is CCCC(NC(=O)C(C)(C)c1ccc([N+](=O)[O-])cc1)C(=O)O. The summed E-state index contributed by atoms with van der Waals surface area (Å²) in [6.45, 7) is 5.13. The van der Waals surface area contributed by atoms with Crippen molar-refractivity contribution in [2.24, 2.45) is 0 Å². The van der Waals surface area contributed by atoms with Crippen LogP contribution in [0.25, 0.3) is 0 Å². The van der Waals surface area contributed by atoms with Crippen LogP contribution in [0, 0.1) is 10.1 Å². The van der Waals surface area contributed by atoms with Crippen molar-refractivity contribution in [2.45, 2.75) is 45.1 Å². The monoisotopic (exact) mass is 308 g/mol. The summed E-state index contributed by atoms with van der Waals surface area (Å²) >= 11 is 0. The van der Waals surface area contributed by atoms with Gasteiger partial charge in [0.15, 0.2) is 0 Å². The Morgan fingerprint density at radius 2 is 1.86 bits per heavy atom. The number of rotatable bonds is 7. The lowest BCUT2D eigenvalue weighted by molar-refractivity contribution is -0.384. The summed E-state index contributed by atoms with van der Waals surface area (Å²) in [5, 5.41) is 22.3. The van der Waals surface area contributed by atoms with Gasteiger partial charge in [0.1, 0.15) is 6.04 Å². The van der Waals surface area contributed by atoms with Crippen LogP contribution in [-0.4, -0.2) is 27.9 Å². The minimum atomic E-state index is -1.07. The van der Waals surface area contributed by atoms with Crippen molar-refractivity contribution in [1.29, 1.82) is 0 Å². The number of non-ortho nitro benzene ring substituents is 1. The number of aliphatic carboxylic acids is 1. The smallest absolute Gasteiger partial charge is 0.326 e. The molecule has 0 bridgehead atoms. The molecule has 0 aliphatic rings. The van der Waals surface area contributed by atoms with Crippen molar-refractivity contribution < 1.29 is 19.6 Å². The number of carboxylic acids is 1. The highest BCUT2D eigenvalue weighted by molar-refractivity contribution is 5.90. The van der Waals surface area contributed by atoms with E-state index in [1.165, 1.54) is 24.3 Å². The van der Waals surface area contributed by atoms with Gasteiger partial charge in [-0.2, -0.15) is 0 Å². The first-order valence-electron chi connectivity index (χ1n) is 6.98. The molecule has 0 saturated heterocycles. The predicted molar refractivity (Wildman–Crippen MR) is 80.6 cm³/mol. The van der Waals surface area contributed by atoms with E-state index in [0.717, 1.165) is 0 Å². The van der Waals surface area contributed by atoms with Crippen LogP contribution in [0.1, 0.15) is 39.2 Å². The Hall–Kier alpha value is -2.44. The van der Waals surface area contributed by atoms with E-state index >= 15 is 0 Å². The molecular formula is C15H20N2O5. The third-order valence-electron chi connectivity index (χ3n) is 3.55. The second-order valence-corrected chi connectivity index (χ2v) is 5.58. The minimum Gasteiger partial charge on any atom is -0.480 e. The Morgan fingerprint density at radius 3 is 2.27 bits per heavy atom. The zero-order valence-electron chi connectivity index (χ0n) is 12.8. The molecule has 0 aliphatic carbocycles. The molecule has 120 valence electrons. The number of hydrogen-bond acceptors (Lipinski definition) is 4. The fourth-order valence-corrected chi connectivity index (χ4v) is 2.02. The van der Waals surface area contributed by atoms with E-state index in [9.17, 15) is 19.7 Å². The first kappa shape index (κ1) is 17.6. The number of hydrogen-bond donors (Lipinski definition) is 2. The molecule has 0 radical (unpaired) electrons. The Kier molecular flexibility index (Phi) is 5.62. The van der Waals surface area contributed by atoms with E-state index in [2.05, 4.69) is 5.32 Å². The molecule has 1 atom stereocenters.